The van der Waals surface area contributed by atoms with Crippen LogP contribution in [0, 0.1) is 0 Å². The third-order valence-electron chi connectivity index (χ3n) is 5.71. The van der Waals surface area contributed by atoms with Gasteiger partial charge >= 0.3 is 0 Å². The first-order valence-corrected chi connectivity index (χ1v) is 11.4. The van der Waals surface area contributed by atoms with E-state index in [1.54, 1.807) is 36.5 Å². The van der Waals surface area contributed by atoms with Crippen molar-refractivity contribution in [1.82, 2.24) is 15.1 Å². The molecule has 168 valence electrons. The van der Waals surface area contributed by atoms with Gasteiger partial charge in [0, 0.05) is 30.2 Å². The summed E-state index contributed by atoms with van der Waals surface area (Å²) in [5, 5.41) is 12.0. The number of nitrogens with one attached hydrogen (secondary N) is 2. The molecule has 0 bridgehead atoms. The minimum atomic E-state index is -0.613. The van der Waals surface area contributed by atoms with Gasteiger partial charge in [0.1, 0.15) is 5.69 Å². The Morgan fingerprint density at radius 2 is 2.12 bits per heavy atom. The molecule has 4 heterocycles. The summed E-state index contributed by atoms with van der Waals surface area (Å²) in [6.07, 6.45) is 1.57. The van der Waals surface area contributed by atoms with E-state index in [9.17, 15) is 9.59 Å². The number of fused-ring (bicyclic) bond motifs is 1. The number of hydrogen-bond acceptors (Lipinski definition) is 6. The number of carbonyl (C=O) groups excluding carboxylic acids is 2. The van der Waals surface area contributed by atoms with Gasteiger partial charge in [-0.2, -0.15) is 5.10 Å². The van der Waals surface area contributed by atoms with Crippen LogP contribution >= 0.6 is 11.3 Å². The summed E-state index contributed by atoms with van der Waals surface area (Å²) in [7, 11) is 1.60. The normalized spacial score (nSPS) is 17.7. The first-order chi connectivity index (χ1) is 16.2. The number of rotatable bonds is 7. The number of nitrogens with zero attached hydrogens (tertiary/aromatic N) is 2. The van der Waals surface area contributed by atoms with Crippen molar-refractivity contribution in [2.75, 3.05) is 25.6 Å². The van der Waals surface area contributed by atoms with Crippen molar-refractivity contribution in [1.29, 1.82) is 0 Å². The van der Waals surface area contributed by atoms with Gasteiger partial charge in [-0.1, -0.05) is 24.3 Å². The SMILES string of the molecule is COCCN1C(=O)c2ccccc2C(C(=O)Nc2cc(-c3ccco3)[nH]n2)C1c1cccs1. The molecule has 33 heavy (non-hydrogen) atoms. The van der Waals surface area contributed by atoms with E-state index in [1.165, 1.54) is 11.3 Å². The van der Waals surface area contributed by atoms with Crippen molar-refractivity contribution in [2.45, 2.75) is 12.0 Å². The zero-order valence-electron chi connectivity index (χ0n) is 17.9. The highest BCUT2D eigenvalue weighted by molar-refractivity contribution is 7.10. The predicted molar refractivity (Wildman–Crippen MR) is 124 cm³/mol. The first kappa shape index (κ1) is 21.2. The van der Waals surface area contributed by atoms with Crippen molar-refractivity contribution < 1.29 is 18.7 Å². The number of aromatic amines is 1. The molecule has 0 fully saturated rings. The molecule has 4 aromatic rings. The molecule has 1 aromatic carbocycles. The Labute approximate surface area is 194 Å². The molecule has 2 N–H and O–H groups in total. The summed E-state index contributed by atoms with van der Waals surface area (Å²) < 4.78 is 10.7. The minimum absolute atomic E-state index is 0.107. The number of H-pyrrole nitrogens is 1. The monoisotopic (exact) mass is 462 g/mol. The van der Waals surface area contributed by atoms with E-state index in [0.29, 0.717) is 41.6 Å². The number of benzene rings is 1. The van der Waals surface area contributed by atoms with Gasteiger partial charge in [-0.25, -0.2) is 0 Å². The summed E-state index contributed by atoms with van der Waals surface area (Å²) >= 11 is 1.52. The fraction of sp³-hybridized carbons (Fsp3) is 0.208. The molecule has 0 saturated heterocycles. The lowest BCUT2D eigenvalue weighted by molar-refractivity contribution is -0.119. The second kappa shape index (κ2) is 9.05. The van der Waals surface area contributed by atoms with Gasteiger partial charge in [-0.05, 0) is 35.2 Å². The van der Waals surface area contributed by atoms with Crippen LogP contribution in [0.4, 0.5) is 5.82 Å². The number of hydrogen-bond donors (Lipinski definition) is 2. The molecule has 9 heteroatoms. The van der Waals surface area contributed by atoms with Gasteiger partial charge in [0.2, 0.25) is 5.91 Å². The molecular formula is C24H22N4O4S. The number of aromatic nitrogens is 2. The highest BCUT2D eigenvalue weighted by atomic mass is 32.1. The Kier molecular flexibility index (Phi) is 5.80. The number of anilines is 1. The number of thiophene rings is 1. The molecule has 0 saturated carbocycles. The Hall–Kier alpha value is -3.69. The second-order valence-electron chi connectivity index (χ2n) is 7.65. The Morgan fingerprint density at radius 3 is 2.88 bits per heavy atom. The van der Waals surface area contributed by atoms with Crippen LogP contribution in [0.3, 0.4) is 0 Å². The van der Waals surface area contributed by atoms with E-state index in [4.69, 9.17) is 9.15 Å². The minimum Gasteiger partial charge on any atom is -0.463 e. The highest BCUT2D eigenvalue weighted by Gasteiger charge is 2.44. The molecule has 1 aliphatic heterocycles. The number of furan rings is 1. The third-order valence-corrected chi connectivity index (χ3v) is 6.65. The summed E-state index contributed by atoms with van der Waals surface area (Å²) in [6.45, 7) is 0.747. The largest absolute Gasteiger partial charge is 0.463 e. The van der Waals surface area contributed by atoms with Crippen LogP contribution in [0.15, 0.2) is 70.7 Å². The summed E-state index contributed by atoms with van der Waals surface area (Å²) in [5.74, 6) is 0.0457. The molecule has 8 nitrogen and oxygen atoms in total. The van der Waals surface area contributed by atoms with Crippen LogP contribution in [0.5, 0.6) is 0 Å². The first-order valence-electron chi connectivity index (χ1n) is 10.5. The molecule has 2 unspecified atom stereocenters. The lowest BCUT2D eigenvalue weighted by Gasteiger charge is -2.41. The molecule has 1 aliphatic rings. The molecule has 2 atom stereocenters. The van der Waals surface area contributed by atoms with E-state index >= 15 is 0 Å². The van der Waals surface area contributed by atoms with Crippen molar-refractivity contribution in [2.24, 2.45) is 0 Å². The number of methoxy groups -OCH3 is 1. The Bertz CT molecular complexity index is 1250. The third kappa shape index (κ3) is 3.96. The Balaban J connectivity index is 1.53. The number of carbonyl (C=O) groups is 2. The maximum absolute atomic E-state index is 13.7. The molecule has 0 aliphatic carbocycles. The van der Waals surface area contributed by atoms with Crippen molar-refractivity contribution >= 4 is 29.0 Å². The zero-order chi connectivity index (χ0) is 22.8. The van der Waals surface area contributed by atoms with Crippen LogP contribution in [-0.2, 0) is 9.53 Å². The molecule has 0 radical (unpaired) electrons. The van der Waals surface area contributed by atoms with Gasteiger partial charge in [-0.15, -0.1) is 11.3 Å². The summed E-state index contributed by atoms with van der Waals surface area (Å²) in [6, 6.07) is 16.0. The van der Waals surface area contributed by atoms with Gasteiger partial charge in [0.25, 0.3) is 5.91 Å². The summed E-state index contributed by atoms with van der Waals surface area (Å²) in [5.41, 5.74) is 1.89. The van der Waals surface area contributed by atoms with Crippen LogP contribution in [0.1, 0.15) is 32.8 Å². The summed E-state index contributed by atoms with van der Waals surface area (Å²) in [4.78, 5) is 29.8. The van der Waals surface area contributed by atoms with E-state index < -0.39 is 12.0 Å². The predicted octanol–water partition coefficient (Wildman–Crippen LogP) is 4.30. The van der Waals surface area contributed by atoms with E-state index in [-0.39, 0.29) is 11.8 Å². The maximum atomic E-state index is 13.7. The smallest absolute Gasteiger partial charge is 0.254 e. The quantitative estimate of drug-likeness (QED) is 0.427. The Morgan fingerprint density at radius 1 is 1.24 bits per heavy atom. The zero-order valence-corrected chi connectivity index (χ0v) is 18.7. The molecule has 0 spiro atoms. The van der Waals surface area contributed by atoms with Gasteiger partial charge in [-0.3, -0.25) is 14.7 Å². The topological polar surface area (TPSA) is 100 Å². The lowest BCUT2D eigenvalue weighted by atomic mass is 9.81. The molecule has 3 aromatic heterocycles. The fourth-order valence-corrected chi connectivity index (χ4v) is 5.11. The lowest BCUT2D eigenvalue weighted by Crippen LogP contribution is -2.47. The maximum Gasteiger partial charge on any atom is 0.254 e. The number of ether oxygens (including phenoxy) is 1. The fourth-order valence-electron chi connectivity index (χ4n) is 4.23. The van der Waals surface area contributed by atoms with Crippen LogP contribution < -0.4 is 5.32 Å². The van der Waals surface area contributed by atoms with Crippen LogP contribution in [0.2, 0.25) is 0 Å². The van der Waals surface area contributed by atoms with Gasteiger partial charge < -0.3 is 19.4 Å². The molecule has 5 rings (SSSR count). The van der Waals surface area contributed by atoms with Gasteiger partial charge in [0.05, 0.1) is 24.8 Å². The van der Waals surface area contributed by atoms with E-state index in [0.717, 1.165) is 4.88 Å². The number of amides is 2. The van der Waals surface area contributed by atoms with Crippen molar-refractivity contribution in [3.05, 3.63) is 82.2 Å². The molecular weight excluding hydrogens is 440 g/mol. The van der Waals surface area contributed by atoms with Crippen LogP contribution in [0.25, 0.3) is 11.5 Å². The van der Waals surface area contributed by atoms with E-state index in [1.807, 2.05) is 41.8 Å². The molecule has 2 amide bonds. The standard InChI is InChI=1S/C24H22N4O4S/c1-31-12-10-28-22(19-9-5-13-33-19)21(15-6-2-3-7-16(15)24(28)30)23(29)25-20-14-17(26-27-20)18-8-4-11-32-18/h2-9,11,13-14,21-22H,10,12H2,1H3,(H2,25,26,27,29). The van der Waals surface area contributed by atoms with Crippen molar-refractivity contribution in [3.8, 4) is 11.5 Å². The van der Waals surface area contributed by atoms with Gasteiger partial charge in [0.15, 0.2) is 11.6 Å². The van der Waals surface area contributed by atoms with Crippen molar-refractivity contribution in [3.63, 3.8) is 0 Å². The average molecular weight is 463 g/mol. The second-order valence-corrected chi connectivity index (χ2v) is 8.63. The highest BCUT2D eigenvalue weighted by Crippen LogP contribution is 2.44. The van der Waals surface area contributed by atoms with Crippen LogP contribution in [-0.4, -0.2) is 47.2 Å². The average Bonchev–Trinajstić information content (AvgIpc) is 3.61. The van der Waals surface area contributed by atoms with E-state index in [2.05, 4.69) is 15.5 Å².